The lowest BCUT2D eigenvalue weighted by molar-refractivity contribution is 0.229. The van der Waals surface area contributed by atoms with E-state index in [1.165, 1.54) is 24.5 Å². The highest BCUT2D eigenvalue weighted by Crippen LogP contribution is 2.33. The van der Waals surface area contributed by atoms with Crippen molar-refractivity contribution in [3.8, 4) is 0 Å². The number of halogens is 1. The second kappa shape index (κ2) is 7.46. The number of aromatic nitrogens is 2. The van der Waals surface area contributed by atoms with Crippen LogP contribution in [0, 0.1) is 11.2 Å². The van der Waals surface area contributed by atoms with Crippen molar-refractivity contribution < 1.29 is 9.18 Å². The summed E-state index contributed by atoms with van der Waals surface area (Å²) in [5.41, 5.74) is 0.896. The molecule has 0 saturated heterocycles. The van der Waals surface area contributed by atoms with Crippen LogP contribution in [-0.4, -0.2) is 30.1 Å². The van der Waals surface area contributed by atoms with Crippen LogP contribution in [0.1, 0.15) is 32.4 Å². The second-order valence-electron chi connectivity index (χ2n) is 7.12. The second-order valence-corrected chi connectivity index (χ2v) is 7.12. The van der Waals surface area contributed by atoms with Gasteiger partial charge in [0.05, 0.1) is 24.1 Å². The monoisotopic (exact) mass is 345 g/mol. The highest BCUT2D eigenvalue weighted by Gasteiger charge is 2.28. The van der Waals surface area contributed by atoms with Gasteiger partial charge in [-0.3, -0.25) is 0 Å². The number of carbonyl (C=O) groups excluding carboxylic acids is 1. The summed E-state index contributed by atoms with van der Waals surface area (Å²) in [4.78, 5) is 22.4. The standard InChI is InChI=1S/C18H24FN5O/c1-18(2,3)15(12-7-6-8-13(19)9-12)23-17(25)22-14-10-20-16(21-11-14)24(4)5/h6-11,15H,1-5H3,(H2,22,23,25). The number of hydrogen-bond donors (Lipinski definition) is 2. The highest BCUT2D eigenvalue weighted by molar-refractivity contribution is 5.89. The summed E-state index contributed by atoms with van der Waals surface area (Å²) in [6, 6.07) is 5.50. The normalized spacial score (nSPS) is 12.4. The van der Waals surface area contributed by atoms with Crippen LogP contribution >= 0.6 is 0 Å². The van der Waals surface area contributed by atoms with Gasteiger partial charge in [0, 0.05) is 14.1 Å². The van der Waals surface area contributed by atoms with E-state index in [4.69, 9.17) is 0 Å². The molecule has 7 heteroatoms. The average molecular weight is 345 g/mol. The van der Waals surface area contributed by atoms with Crippen molar-refractivity contribution in [2.75, 3.05) is 24.3 Å². The number of rotatable bonds is 4. The molecule has 0 aliphatic rings. The Balaban J connectivity index is 2.12. The Bertz CT molecular complexity index is 725. The summed E-state index contributed by atoms with van der Waals surface area (Å²) >= 11 is 0. The number of anilines is 2. The molecule has 2 rings (SSSR count). The molecule has 0 radical (unpaired) electrons. The van der Waals surface area contributed by atoms with Crippen LogP contribution in [-0.2, 0) is 0 Å². The van der Waals surface area contributed by atoms with Crippen LogP contribution in [0.2, 0.25) is 0 Å². The number of carbonyl (C=O) groups is 1. The first-order valence-corrected chi connectivity index (χ1v) is 7.99. The minimum Gasteiger partial charge on any atom is -0.347 e. The van der Waals surface area contributed by atoms with Crippen molar-refractivity contribution in [1.29, 1.82) is 0 Å². The average Bonchev–Trinajstić information content (AvgIpc) is 2.52. The lowest BCUT2D eigenvalue weighted by Crippen LogP contribution is -2.39. The van der Waals surface area contributed by atoms with Gasteiger partial charge in [0.2, 0.25) is 5.95 Å². The van der Waals surface area contributed by atoms with Crippen molar-refractivity contribution in [3.63, 3.8) is 0 Å². The van der Waals surface area contributed by atoms with Crippen LogP contribution in [0.15, 0.2) is 36.7 Å². The minimum atomic E-state index is -0.398. The zero-order chi connectivity index (χ0) is 18.6. The van der Waals surface area contributed by atoms with Crippen molar-refractivity contribution in [3.05, 3.63) is 48.0 Å². The number of benzene rings is 1. The Morgan fingerprint density at radius 3 is 2.36 bits per heavy atom. The molecule has 134 valence electrons. The maximum absolute atomic E-state index is 13.6. The van der Waals surface area contributed by atoms with Gasteiger partial charge in [-0.15, -0.1) is 0 Å². The van der Waals surface area contributed by atoms with Gasteiger partial charge in [-0.2, -0.15) is 0 Å². The summed E-state index contributed by atoms with van der Waals surface area (Å²) in [7, 11) is 3.67. The first-order valence-electron chi connectivity index (χ1n) is 7.99. The fourth-order valence-corrected chi connectivity index (χ4v) is 2.40. The summed E-state index contributed by atoms with van der Waals surface area (Å²) in [5.74, 6) is 0.222. The van der Waals surface area contributed by atoms with Crippen molar-refractivity contribution in [2.24, 2.45) is 5.41 Å². The van der Waals surface area contributed by atoms with E-state index in [1.54, 1.807) is 17.0 Å². The topological polar surface area (TPSA) is 70.2 Å². The third kappa shape index (κ3) is 5.14. The number of nitrogens with one attached hydrogen (secondary N) is 2. The largest absolute Gasteiger partial charge is 0.347 e. The first kappa shape index (κ1) is 18.6. The maximum Gasteiger partial charge on any atom is 0.319 e. The Hall–Kier alpha value is -2.70. The van der Waals surface area contributed by atoms with Crippen LogP contribution in [0.25, 0.3) is 0 Å². The molecular formula is C18H24FN5O. The van der Waals surface area contributed by atoms with E-state index in [-0.39, 0.29) is 17.3 Å². The molecule has 1 unspecified atom stereocenters. The van der Waals surface area contributed by atoms with Gasteiger partial charge in [-0.25, -0.2) is 19.2 Å². The van der Waals surface area contributed by atoms with Crippen LogP contribution < -0.4 is 15.5 Å². The van der Waals surface area contributed by atoms with Gasteiger partial charge in [-0.05, 0) is 23.1 Å². The molecule has 0 aliphatic heterocycles. The third-order valence-electron chi connectivity index (χ3n) is 3.62. The zero-order valence-corrected chi connectivity index (χ0v) is 15.2. The van der Waals surface area contributed by atoms with E-state index in [0.717, 1.165) is 0 Å². The molecule has 2 aromatic rings. The number of nitrogens with zero attached hydrogens (tertiary/aromatic N) is 3. The lowest BCUT2D eigenvalue weighted by atomic mass is 9.82. The Labute approximate surface area is 147 Å². The number of amides is 2. The molecule has 0 aliphatic carbocycles. The third-order valence-corrected chi connectivity index (χ3v) is 3.62. The smallest absolute Gasteiger partial charge is 0.319 e. The molecule has 1 heterocycles. The van der Waals surface area contributed by atoms with E-state index < -0.39 is 6.03 Å². The van der Waals surface area contributed by atoms with E-state index in [1.807, 2.05) is 34.9 Å². The summed E-state index contributed by atoms with van der Waals surface area (Å²) in [6.45, 7) is 5.95. The molecule has 1 aromatic heterocycles. The van der Waals surface area contributed by atoms with Gasteiger partial charge in [0.15, 0.2) is 0 Å². The molecule has 0 saturated carbocycles. The van der Waals surface area contributed by atoms with Crippen LogP contribution in [0.4, 0.5) is 20.8 Å². The summed E-state index contributed by atoms with van der Waals surface area (Å²) in [5, 5.41) is 5.61. The SMILES string of the molecule is CN(C)c1ncc(NC(=O)NC(c2cccc(F)c2)C(C)(C)C)cn1. The maximum atomic E-state index is 13.6. The summed E-state index contributed by atoms with van der Waals surface area (Å²) in [6.07, 6.45) is 3.08. The van der Waals surface area contributed by atoms with Crippen molar-refractivity contribution in [2.45, 2.75) is 26.8 Å². The van der Waals surface area contributed by atoms with Crippen molar-refractivity contribution in [1.82, 2.24) is 15.3 Å². The van der Waals surface area contributed by atoms with E-state index >= 15 is 0 Å². The highest BCUT2D eigenvalue weighted by atomic mass is 19.1. The Kier molecular flexibility index (Phi) is 5.56. The number of urea groups is 1. The predicted octanol–water partition coefficient (Wildman–Crippen LogP) is 3.59. The van der Waals surface area contributed by atoms with E-state index in [2.05, 4.69) is 20.6 Å². The van der Waals surface area contributed by atoms with Crippen molar-refractivity contribution >= 4 is 17.7 Å². The number of hydrogen-bond acceptors (Lipinski definition) is 4. The molecule has 2 amide bonds. The quantitative estimate of drug-likeness (QED) is 0.888. The molecule has 0 spiro atoms. The Morgan fingerprint density at radius 1 is 1.20 bits per heavy atom. The minimum absolute atomic E-state index is 0.295. The first-order chi connectivity index (χ1) is 11.7. The van der Waals surface area contributed by atoms with Crippen LogP contribution in [0.5, 0.6) is 0 Å². The molecule has 2 N–H and O–H groups in total. The van der Waals surface area contributed by atoms with E-state index in [0.29, 0.717) is 17.2 Å². The molecule has 1 aromatic carbocycles. The Morgan fingerprint density at radius 2 is 1.84 bits per heavy atom. The summed E-state index contributed by atoms with van der Waals surface area (Å²) < 4.78 is 13.6. The molecule has 0 fully saturated rings. The molecule has 6 nitrogen and oxygen atoms in total. The molecule has 25 heavy (non-hydrogen) atoms. The molecule has 1 atom stereocenters. The van der Waals surface area contributed by atoms with Gasteiger partial charge in [0.25, 0.3) is 0 Å². The van der Waals surface area contributed by atoms with Gasteiger partial charge in [0.1, 0.15) is 5.82 Å². The lowest BCUT2D eigenvalue weighted by Gasteiger charge is -2.32. The molecule has 0 bridgehead atoms. The van der Waals surface area contributed by atoms with Gasteiger partial charge >= 0.3 is 6.03 Å². The predicted molar refractivity (Wildman–Crippen MR) is 97.1 cm³/mol. The van der Waals surface area contributed by atoms with Gasteiger partial charge in [-0.1, -0.05) is 32.9 Å². The fourth-order valence-electron chi connectivity index (χ4n) is 2.40. The fraction of sp³-hybridized carbons (Fsp3) is 0.389. The van der Waals surface area contributed by atoms with E-state index in [9.17, 15) is 9.18 Å². The van der Waals surface area contributed by atoms with Gasteiger partial charge < -0.3 is 15.5 Å². The zero-order valence-electron chi connectivity index (χ0n) is 15.2. The van der Waals surface area contributed by atoms with Crippen LogP contribution in [0.3, 0.4) is 0 Å². The molecular weight excluding hydrogens is 321 g/mol.